The van der Waals surface area contributed by atoms with Gasteiger partial charge in [-0.05, 0) is 92.9 Å². The fourth-order valence-corrected chi connectivity index (χ4v) is 7.07. The van der Waals surface area contributed by atoms with Crippen LogP contribution in [-0.4, -0.2) is 23.9 Å². The van der Waals surface area contributed by atoms with Crippen LogP contribution in [-0.2, 0) is 9.59 Å². The highest BCUT2D eigenvalue weighted by molar-refractivity contribution is 9.10. The Balaban J connectivity index is 1.32. The van der Waals surface area contributed by atoms with Crippen molar-refractivity contribution in [3.63, 3.8) is 0 Å². The molecule has 0 aromatic heterocycles. The fourth-order valence-electron chi connectivity index (χ4n) is 6.81. The minimum atomic E-state index is -0.385. The predicted molar refractivity (Wildman–Crippen MR) is 108 cm³/mol. The number of rotatable bonds is 4. The van der Waals surface area contributed by atoms with Crippen molar-refractivity contribution in [1.29, 1.82) is 0 Å². The third-order valence-electron chi connectivity index (χ3n) is 7.69. The summed E-state index contributed by atoms with van der Waals surface area (Å²) >= 11 is 3.40. The molecule has 5 fully saturated rings. The molecule has 2 amide bonds. The number of hydrogen-bond acceptors (Lipinski definition) is 3. The second-order valence-corrected chi connectivity index (χ2v) is 10.4. The van der Waals surface area contributed by atoms with Crippen molar-refractivity contribution >= 4 is 33.4 Å². The largest absolute Gasteiger partial charge is 0.302 e. The van der Waals surface area contributed by atoms with Gasteiger partial charge in [-0.3, -0.25) is 9.59 Å². The Kier molecular flexibility index (Phi) is 4.24. The number of benzene rings is 1. The van der Waals surface area contributed by atoms with Crippen molar-refractivity contribution < 1.29 is 9.59 Å². The lowest BCUT2D eigenvalue weighted by molar-refractivity contribution is -0.122. The van der Waals surface area contributed by atoms with Crippen LogP contribution in [0.5, 0.6) is 0 Å². The SMILES string of the molecule is CC(NC1CC(=O)N(c2ccc(Br)cc2)C1=O)C12CC3CC(CC(C3)C1)C2. The number of carbonyl (C=O) groups is 2. The van der Waals surface area contributed by atoms with E-state index < -0.39 is 0 Å². The van der Waals surface area contributed by atoms with E-state index in [1.807, 2.05) is 24.3 Å². The quantitative estimate of drug-likeness (QED) is 0.725. The second-order valence-electron chi connectivity index (χ2n) is 9.47. The summed E-state index contributed by atoms with van der Waals surface area (Å²) < 4.78 is 0.940. The summed E-state index contributed by atoms with van der Waals surface area (Å²) in [6.07, 6.45) is 8.44. The van der Waals surface area contributed by atoms with Gasteiger partial charge in [0.05, 0.1) is 18.2 Å². The van der Waals surface area contributed by atoms with Gasteiger partial charge in [0.25, 0.3) is 5.91 Å². The molecule has 1 aliphatic heterocycles. The summed E-state index contributed by atoms with van der Waals surface area (Å²) in [5, 5.41) is 3.61. The summed E-state index contributed by atoms with van der Waals surface area (Å²) in [5.41, 5.74) is 1.00. The highest BCUT2D eigenvalue weighted by Crippen LogP contribution is 2.61. The lowest BCUT2D eigenvalue weighted by Crippen LogP contribution is -2.57. The van der Waals surface area contributed by atoms with Gasteiger partial charge in [-0.1, -0.05) is 15.9 Å². The van der Waals surface area contributed by atoms with Gasteiger partial charge in [0.15, 0.2) is 0 Å². The molecule has 5 heteroatoms. The summed E-state index contributed by atoms with van der Waals surface area (Å²) in [7, 11) is 0. The Morgan fingerprint density at radius 1 is 1.04 bits per heavy atom. The molecule has 2 atom stereocenters. The van der Waals surface area contributed by atoms with E-state index >= 15 is 0 Å². The molecular weight excluding hydrogens is 404 g/mol. The number of halogens is 1. The van der Waals surface area contributed by atoms with E-state index in [4.69, 9.17) is 0 Å². The average Bonchev–Trinajstić information content (AvgIpc) is 2.88. The van der Waals surface area contributed by atoms with Crippen LogP contribution in [0.25, 0.3) is 0 Å². The number of nitrogens with zero attached hydrogens (tertiary/aromatic N) is 1. The first kappa shape index (κ1) is 17.9. The molecule has 4 aliphatic carbocycles. The Morgan fingerprint density at radius 3 is 2.15 bits per heavy atom. The predicted octanol–water partition coefficient (Wildman–Crippen LogP) is 4.28. The molecule has 5 aliphatic rings. The summed E-state index contributed by atoms with van der Waals surface area (Å²) in [6, 6.07) is 7.29. The number of anilines is 1. The topological polar surface area (TPSA) is 49.4 Å². The number of carbonyl (C=O) groups excluding carboxylic acids is 2. The van der Waals surface area contributed by atoms with E-state index in [1.165, 1.54) is 43.4 Å². The summed E-state index contributed by atoms with van der Waals surface area (Å²) in [5.74, 6) is 2.47. The zero-order chi connectivity index (χ0) is 18.8. The summed E-state index contributed by atoms with van der Waals surface area (Å²) in [4.78, 5) is 26.9. The van der Waals surface area contributed by atoms with Gasteiger partial charge in [-0.2, -0.15) is 0 Å². The van der Waals surface area contributed by atoms with E-state index in [-0.39, 0.29) is 30.3 Å². The molecule has 1 N–H and O–H groups in total. The normalized spacial score (nSPS) is 38.7. The average molecular weight is 431 g/mol. The van der Waals surface area contributed by atoms with E-state index in [0.29, 0.717) is 11.1 Å². The Hall–Kier alpha value is -1.20. The van der Waals surface area contributed by atoms with Gasteiger partial charge in [0, 0.05) is 10.5 Å². The van der Waals surface area contributed by atoms with Crippen molar-refractivity contribution in [1.82, 2.24) is 5.32 Å². The Labute approximate surface area is 169 Å². The number of imide groups is 1. The third-order valence-corrected chi connectivity index (χ3v) is 8.22. The van der Waals surface area contributed by atoms with E-state index in [0.717, 1.165) is 22.2 Å². The minimum Gasteiger partial charge on any atom is -0.302 e. The van der Waals surface area contributed by atoms with Gasteiger partial charge in [0.1, 0.15) is 0 Å². The van der Waals surface area contributed by atoms with E-state index in [1.54, 1.807) is 0 Å². The summed E-state index contributed by atoms with van der Waals surface area (Å²) in [6.45, 7) is 2.26. The molecule has 6 rings (SSSR count). The maximum Gasteiger partial charge on any atom is 0.251 e. The standard InChI is InChI=1S/C22H27BrN2O2/c1-13(22-10-14-6-15(11-22)8-16(7-14)12-22)24-19-9-20(26)25(21(19)27)18-4-2-17(23)3-5-18/h2-5,13-16,19,24H,6-12H2,1H3. The first-order valence-corrected chi connectivity index (χ1v) is 11.1. The maximum atomic E-state index is 13.0. The monoisotopic (exact) mass is 430 g/mol. The molecule has 27 heavy (non-hydrogen) atoms. The molecule has 2 unspecified atom stereocenters. The van der Waals surface area contributed by atoms with Crippen LogP contribution in [0.3, 0.4) is 0 Å². The second kappa shape index (κ2) is 6.41. The molecule has 0 radical (unpaired) electrons. The zero-order valence-corrected chi connectivity index (χ0v) is 17.4. The van der Waals surface area contributed by atoms with Crippen LogP contribution in [0.4, 0.5) is 5.69 Å². The number of hydrogen-bond donors (Lipinski definition) is 1. The van der Waals surface area contributed by atoms with Gasteiger partial charge in [0.2, 0.25) is 5.91 Å². The third kappa shape index (κ3) is 2.98. The number of nitrogens with one attached hydrogen (secondary N) is 1. The zero-order valence-electron chi connectivity index (χ0n) is 15.8. The molecule has 0 spiro atoms. The van der Waals surface area contributed by atoms with Crippen molar-refractivity contribution in [2.45, 2.75) is 64.0 Å². The smallest absolute Gasteiger partial charge is 0.251 e. The molecule has 4 bridgehead atoms. The van der Waals surface area contributed by atoms with Crippen LogP contribution in [0.2, 0.25) is 0 Å². The number of amides is 2. The first-order valence-electron chi connectivity index (χ1n) is 10.3. The highest BCUT2D eigenvalue weighted by Gasteiger charge is 2.54. The Morgan fingerprint density at radius 2 is 1.59 bits per heavy atom. The maximum absolute atomic E-state index is 13.0. The van der Waals surface area contributed by atoms with Crippen LogP contribution >= 0.6 is 15.9 Å². The lowest BCUT2D eigenvalue weighted by atomic mass is 9.48. The van der Waals surface area contributed by atoms with Crippen molar-refractivity contribution in [3.8, 4) is 0 Å². The van der Waals surface area contributed by atoms with Crippen LogP contribution in [0.15, 0.2) is 28.7 Å². The van der Waals surface area contributed by atoms with Crippen LogP contribution < -0.4 is 10.2 Å². The first-order chi connectivity index (χ1) is 12.9. The highest BCUT2D eigenvalue weighted by atomic mass is 79.9. The van der Waals surface area contributed by atoms with E-state index in [9.17, 15) is 9.59 Å². The van der Waals surface area contributed by atoms with Crippen LogP contribution in [0.1, 0.15) is 51.9 Å². The van der Waals surface area contributed by atoms with Gasteiger partial charge < -0.3 is 5.32 Å². The van der Waals surface area contributed by atoms with Crippen LogP contribution in [0, 0.1) is 23.2 Å². The molecule has 144 valence electrons. The molecule has 1 aromatic carbocycles. The van der Waals surface area contributed by atoms with Crippen molar-refractivity contribution in [2.24, 2.45) is 23.2 Å². The molecule has 1 heterocycles. The molecule has 1 saturated heterocycles. The van der Waals surface area contributed by atoms with E-state index in [2.05, 4.69) is 28.2 Å². The fraction of sp³-hybridized carbons (Fsp3) is 0.636. The molecule has 1 aromatic rings. The van der Waals surface area contributed by atoms with Gasteiger partial charge in [-0.15, -0.1) is 0 Å². The molecule has 4 nitrogen and oxygen atoms in total. The lowest BCUT2D eigenvalue weighted by Gasteiger charge is -2.59. The van der Waals surface area contributed by atoms with Gasteiger partial charge in [-0.25, -0.2) is 4.90 Å². The van der Waals surface area contributed by atoms with Crippen molar-refractivity contribution in [3.05, 3.63) is 28.7 Å². The minimum absolute atomic E-state index is 0.0982. The Bertz CT molecular complexity index is 740. The van der Waals surface area contributed by atoms with Crippen molar-refractivity contribution in [2.75, 3.05) is 4.90 Å². The van der Waals surface area contributed by atoms with Gasteiger partial charge >= 0.3 is 0 Å². The molecular formula is C22H27BrN2O2. The molecule has 4 saturated carbocycles.